The number of halogens is 1. The van der Waals surface area contributed by atoms with Crippen LogP contribution in [0.5, 0.6) is 0 Å². The molecule has 1 rings (SSSR count). The highest BCUT2D eigenvalue weighted by atomic mass is 35.5. The van der Waals surface area contributed by atoms with E-state index in [4.69, 9.17) is 16.3 Å². The maximum Gasteiger partial charge on any atom is 0.325 e. The van der Waals surface area contributed by atoms with Gasteiger partial charge < -0.3 is 9.64 Å². The van der Waals surface area contributed by atoms with Gasteiger partial charge in [0.1, 0.15) is 11.7 Å². The van der Waals surface area contributed by atoms with Crippen molar-refractivity contribution in [3.05, 3.63) is 41.7 Å². The lowest BCUT2D eigenvalue weighted by Crippen LogP contribution is -2.36. The second-order valence-corrected chi connectivity index (χ2v) is 4.04. The number of ether oxygens (including phenoxy) is 1. The van der Waals surface area contributed by atoms with Gasteiger partial charge in [-0.15, -0.1) is 6.58 Å². The van der Waals surface area contributed by atoms with E-state index in [0.29, 0.717) is 10.7 Å². The van der Waals surface area contributed by atoms with Crippen molar-refractivity contribution in [2.75, 3.05) is 19.7 Å². The summed E-state index contributed by atoms with van der Waals surface area (Å²) in [6, 6.07) is 3.07. The van der Waals surface area contributed by atoms with Gasteiger partial charge in [0.25, 0.3) is 5.91 Å². The lowest BCUT2D eigenvalue weighted by molar-refractivity contribution is -0.143. The summed E-state index contributed by atoms with van der Waals surface area (Å²) < 4.78 is 4.82. The fourth-order valence-corrected chi connectivity index (χ4v) is 1.53. The summed E-state index contributed by atoms with van der Waals surface area (Å²) in [6.45, 7) is 5.67. The van der Waals surface area contributed by atoms with Crippen molar-refractivity contribution in [2.45, 2.75) is 6.92 Å². The summed E-state index contributed by atoms with van der Waals surface area (Å²) in [5, 5.41) is 0.303. The normalized spacial score (nSPS) is 9.79. The molecule has 6 heteroatoms. The Morgan fingerprint density at radius 3 is 2.79 bits per heavy atom. The molecule has 0 bridgehead atoms. The summed E-state index contributed by atoms with van der Waals surface area (Å²) >= 11 is 5.66. The largest absolute Gasteiger partial charge is 0.465 e. The van der Waals surface area contributed by atoms with Crippen LogP contribution in [0.15, 0.2) is 31.0 Å². The summed E-state index contributed by atoms with van der Waals surface area (Å²) in [4.78, 5) is 28.8. The molecule has 5 nitrogen and oxygen atoms in total. The zero-order chi connectivity index (χ0) is 14.3. The summed E-state index contributed by atoms with van der Waals surface area (Å²) in [7, 11) is 0. The van der Waals surface area contributed by atoms with E-state index in [0.717, 1.165) is 0 Å². The summed E-state index contributed by atoms with van der Waals surface area (Å²) in [5.74, 6) is -0.781. The Hall–Kier alpha value is -1.88. The van der Waals surface area contributed by atoms with Crippen molar-refractivity contribution in [3.63, 3.8) is 0 Å². The number of carbonyl (C=O) groups is 2. The van der Waals surface area contributed by atoms with Crippen LogP contribution in [-0.4, -0.2) is 41.5 Å². The van der Waals surface area contributed by atoms with Crippen LogP contribution < -0.4 is 0 Å². The molecular weight excluding hydrogens is 268 g/mol. The first-order chi connectivity index (χ1) is 9.08. The average Bonchev–Trinajstić information content (AvgIpc) is 2.38. The summed E-state index contributed by atoms with van der Waals surface area (Å²) in [6.07, 6.45) is 2.91. The molecule has 0 radical (unpaired) electrons. The minimum atomic E-state index is -0.459. The van der Waals surface area contributed by atoms with Gasteiger partial charge in [-0.3, -0.25) is 9.59 Å². The first kappa shape index (κ1) is 15.2. The first-order valence-corrected chi connectivity index (χ1v) is 6.13. The molecule has 1 amide bonds. The van der Waals surface area contributed by atoms with Gasteiger partial charge >= 0.3 is 5.97 Å². The van der Waals surface area contributed by atoms with Crippen LogP contribution in [0.4, 0.5) is 0 Å². The molecule has 0 saturated heterocycles. The Morgan fingerprint density at radius 1 is 1.53 bits per heavy atom. The van der Waals surface area contributed by atoms with Crippen LogP contribution >= 0.6 is 11.6 Å². The number of hydrogen-bond donors (Lipinski definition) is 0. The van der Waals surface area contributed by atoms with E-state index in [1.165, 1.54) is 17.2 Å². The van der Waals surface area contributed by atoms with E-state index in [2.05, 4.69) is 11.6 Å². The molecule has 1 heterocycles. The lowest BCUT2D eigenvalue weighted by Gasteiger charge is -2.19. The Kier molecular flexibility index (Phi) is 6.02. The van der Waals surface area contributed by atoms with Crippen molar-refractivity contribution >= 4 is 23.5 Å². The number of aromatic nitrogens is 1. The van der Waals surface area contributed by atoms with Gasteiger partial charge in [-0.1, -0.05) is 17.7 Å². The van der Waals surface area contributed by atoms with Crippen LogP contribution in [0, 0.1) is 0 Å². The third kappa shape index (κ3) is 4.71. The standard InChI is InChI=1S/C13H15ClN2O3/c1-3-7-16(9-12(17)19-4-2)13(18)10-5-6-11(14)15-8-10/h3,5-6,8H,1,4,7,9H2,2H3. The Balaban J connectivity index is 2.80. The van der Waals surface area contributed by atoms with Gasteiger partial charge in [-0.25, -0.2) is 4.98 Å². The Labute approximate surface area is 116 Å². The third-order valence-corrected chi connectivity index (χ3v) is 2.46. The lowest BCUT2D eigenvalue weighted by atomic mass is 10.2. The molecule has 0 N–H and O–H groups in total. The molecule has 102 valence electrons. The van der Waals surface area contributed by atoms with Gasteiger partial charge in [-0.05, 0) is 19.1 Å². The molecular formula is C13H15ClN2O3. The highest BCUT2D eigenvalue weighted by molar-refractivity contribution is 6.29. The predicted molar refractivity (Wildman–Crippen MR) is 72.0 cm³/mol. The van der Waals surface area contributed by atoms with Crippen molar-refractivity contribution < 1.29 is 14.3 Å². The quantitative estimate of drug-likeness (QED) is 0.454. The maximum absolute atomic E-state index is 12.2. The van der Waals surface area contributed by atoms with Crippen LogP contribution in [0.2, 0.25) is 5.15 Å². The van der Waals surface area contributed by atoms with Gasteiger partial charge in [0, 0.05) is 12.7 Å². The van der Waals surface area contributed by atoms with Crippen LogP contribution in [0.1, 0.15) is 17.3 Å². The fraction of sp³-hybridized carbons (Fsp3) is 0.308. The van der Waals surface area contributed by atoms with E-state index >= 15 is 0 Å². The maximum atomic E-state index is 12.2. The monoisotopic (exact) mass is 282 g/mol. The molecule has 0 saturated carbocycles. The zero-order valence-electron chi connectivity index (χ0n) is 10.6. The van der Waals surface area contributed by atoms with E-state index in [9.17, 15) is 9.59 Å². The number of carbonyl (C=O) groups excluding carboxylic acids is 2. The zero-order valence-corrected chi connectivity index (χ0v) is 11.4. The van der Waals surface area contributed by atoms with Crippen molar-refractivity contribution in [3.8, 4) is 0 Å². The molecule has 0 aliphatic rings. The van der Waals surface area contributed by atoms with Gasteiger partial charge in [0.2, 0.25) is 0 Å². The SMILES string of the molecule is C=CCN(CC(=O)OCC)C(=O)c1ccc(Cl)nc1. The van der Waals surface area contributed by atoms with Crippen LogP contribution in [0.3, 0.4) is 0 Å². The highest BCUT2D eigenvalue weighted by Gasteiger charge is 2.18. The Morgan fingerprint density at radius 2 is 2.26 bits per heavy atom. The van der Waals surface area contributed by atoms with Crippen molar-refractivity contribution in [2.24, 2.45) is 0 Å². The second kappa shape index (κ2) is 7.53. The number of esters is 1. The molecule has 0 unspecified atom stereocenters. The van der Waals surface area contributed by atoms with Gasteiger partial charge in [-0.2, -0.15) is 0 Å². The number of nitrogens with zero attached hydrogens (tertiary/aromatic N) is 2. The number of rotatable bonds is 6. The van der Waals surface area contributed by atoms with E-state index < -0.39 is 5.97 Å². The number of pyridine rings is 1. The molecule has 0 atom stereocenters. The smallest absolute Gasteiger partial charge is 0.325 e. The second-order valence-electron chi connectivity index (χ2n) is 3.65. The fourth-order valence-electron chi connectivity index (χ4n) is 1.42. The van der Waals surface area contributed by atoms with E-state index in [-0.39, 0.29) is 25.6 Å². The first-order valence-electron chi connectivity index (χ1n) is 5.75. The molecule has 1 aromatic rings. The van der Waals surface area contributed by atoms with Crippen molar-refractivity contribution in [1.29, 1.82) is 0 Å². The minimum Gasteiger partial charge on any atom is -0.465 e. The predicted octanol–water partition coefficient (Wildman–Crippen LogP) is 1.93. The minimum absolute atomic E-state index is 0.124. The molecule has 19 heavy (non-hydrogen) atoms. The topological polar surface area (TPSA) is 59.5 Å². The molecule has 0 fully saturated rings. The van der Waals surface area contributed by atoms with Gasteiger partial charge in [0.05, 0.1) is 12.2 Å². The molecule has 1 aromatic heterocycles. The summed E-state index contributed by atoms with van der Waals surface area (Å²) in [5.41, 5.74) is 0.357. The number of hydrogen-bond acceptors (Lipinski definition) is 4. The molecule has 0 aliphatic heterocycles. The highest BCUT2D eigenvalue weighted by Crippen LogP contribution is 2.08. The van der Waals surface area contributed by atoms with Crippen molar-refractivity contribution in [1.82, 2.24) is 9.88 Å². The van der Waals surface area contributed by atoms with Crippen LogP contribution in [0.25, 0.3) is 0 Å². The van der Waals surface area contributed by atoms with E-state index in [1.54, 1.807) is 19.1 Å². The van der Waals surface area contributed by atoms with Gasteiger partial charge in [0.15, 0.2) is 0 Å². The number of amides is 1. The molecule has 0 spiro atoms. The van der Waals surface area contributed by atoms with E-state index in [1.807, 2.05) is 0 Å². The Bertz CT molecular complexity index is 459. The molecule has 0 aliphatic carbocycles. The average molecular weight is 283 g/mol. The molecule has 0 aromatic carbocycles. The van der Waals surface area contributed by atoms with Crippen LogP contribution in [-0.2, 0) is 9.53 Å². The third-order valence-electron chi connectivity index (χ3n) is 2.24.